The van der Waals surface area contributed by atoms with Gasteiger partial charge in [-0.1, -0.05) is 12.1 Å². The second kappa shape index (κ2) is 14.5. The van der Waals surface area contributed by atoms with Gasteiger partial charge in [-0.2, -0.15) is 0 Å². The summed E-state index contributed by atoms with van der Waals surface area (Å²) in [6, 6.07) is 7.49. The molecule has 0 spiro atoms. The molecular formula is C22H38IN5O3. The Balaban J connectivity index is 0.00000480. The van der Waals surface area contributed by atoms with E-state index in [0.29, 0.717) is 5.96 Å². The molecule has 1 fully saturated rings. The first-order chi connectivity index (χ1) is 14.4. The highest BCUT2D eigenvalue weighted by molar-refractivity contribution is 14.0. The van der Waals surface area contributed by atoms with Gasteiger partial charge in [-0.25, -0.2) is 0 Å². The fraction of sp³-hybridized carbons (Fsp3) is 0.636. The molecule has 0 bridgehead atoms. The number of aliphatic imine (C=N–C) groups is 1. The lowest BCUT2D eigenvalue weighted by Gasteiger charge is -2.34. The first-order valence-corrected chi connectivity index (χ1v) is 10.8. The minimum atomic E-state index is -0.673. The van der Waals surface area contributed by atoms with Crippen LogP contribution >= 0.6 is 24.0 Å². The number of hydrogen-bond acceptors (Lipinski definition) is 5. The lowest BCUT2D eigenvalue weighted by molar-refractivity contribution is -0.130. The summed E-state index contributed by atoms with van der Waals surface area (Å²) in [6.45, 7) is 13.6. The van der Waals surface area contributed by atoms with Gasteiger partial charge in [-0.3, -0.25) is 14.7 Å². The van der Waals surface area contributed by atoms with Gasteiger partial charge >= 0.3 is 0 Å². The molecule has 1 aromatic rings. The fourth-order valence-corrected chi connectivity index (χ4v) is 3.28. The molecule has 0 aliphatic carbocycles. The molecule has 1 heterocycles. The first-order valence-electron chi connectivity index (χ1n) is 10.8. The predicted octanol–water partition coefficient (Wildman–Crippen LogP) is 1.84. The largest absolute Gasteiger partial charge is 0.491 e. The smallest absolute Gasteiger partial charge is 0.219 e. The Bertz CT molecular complexity index is 676. The number of piperazine rings is 1. The number of aliphatic hydroxyl groups is 1. The normalized spacial score (nSPS) is 15.9. The van der Waals surface area contributed by atoms with Crippen molar-refractivity contribution >= 4 is 35.8 Å². The summed E-state index contributed by atoms with van der Waals surface area (Å²) < 4.78 is 5.64. The van der Waals surface area contributed by atoms with Crippen LogP contribution in [0.2, 0.25) is 0 Å². The van der Waals surface area contributed by atoms with Crippen molar-refractivity contribution in [1.29, 1.82) is 0 Å². The van der Waals surface area contributed by atoms with Crippen molar-refractivity contribution in [2.75, 3.05) is 52.4 Å². The third-order valence-electron chi connectivity index (χ3n) is 4.94. The van der Waals surface area contributed by atoms with Crippen LogP contribution in [0.5, 0.6) is 5.75 Å². The van der Waals surface area contributed by atoms with Crippen LogP contribution in [-0.2, 0) is 4.79 Å². The number of amides is 1. The van der Waals surface area contributed by atoms with Gasteiger partial charge in [0.1, 0.15) is 5.75 Å². The predicted molar refractivity (Wildman–Crippen MR) is 135 cm³/mol. The molecule has 0 aromatic heterocycles. The molecule has 1 aliphatic rings. The molecule has 1 saturated heterocycles. The zero-order valence-corrected chi connectivity index (χ0v) is 21.5. The van der Waals surface area contributed by atoms with Gasteiger partial charge in [-0.15, -0.1) is 24.0 Å². The van der Waals surface area contributed by atoms with Crippen LogP contribution in [0.25, 0.3) is 0 Å². The zero-order valence-electron chi connectivity index (χ0n) is 19.1. The van der Waals surface area contributed by atoms with Gasteiger partial charge < -0.3 is 25.4 Å². The molecule has 9 heteroatoms. The van der Waals surface area contributed by atoms with E-state index in [0.717, 1.165) is 57.1 Å². The summed E-state index contributed by atoms with van der Waals surface area (Å²) in [4.78, 5) is 20.2. The van der Waals surface area contributed by atoms with Crippen LogP contribution in [0.3, 0.4) is 0 Å². The number of aliphatic hydroxyl groups excluding tert-OH is 1. The van der Waals surface area contributed by atoms with Crippen LogP contribution in [0.15, 0.2) is 29.3 Å². The number of carbonyl (C=O) groups is 1. The Labute approximate surface area is 203 Å². The molecule has 31 heavy (non-hydrogen) atoms. The Morgan fingerprint density at radius 3 is 2.35 bits per heavy atom. The molecule has 1 amide bonds. The first kappa shape index (κ1) is 27.4. The van der Waals surface area contributed by atoms with Gasteiger partial charge in [0.15, 0.2) is 5.96 Å². The van der Waals surface area contributed by atoms with Crippen molar-refractivity contribution in [1.82, 2.24) is 20.4 Å². The Kier molecular flexibility index (Phi) is 12.8. The second-order valence-corrected chi connectivity index (χ2v) is 7.75. The number of nitrogens with zero attached hydrogens (tertiary/aromatic N) is 3. The molecule has 1 aliphatic heterocycles. The topological polar surface area (TPSA) is 89.4 Å². The van der Waals surface area contributed by atoms with Crippen molar-refractivity contribution in [3.05, 3.63) is 29.8 Å². The maximum atomic E-state index is 11.4. The van der Waals surface area contributed by atoms with Crippen molar-refractivity contribution in [2.24, 2.45) is 4.99 Å². The van der Waals surface area contributed by atoms with E-state index in [4.69, 9.17) is 4.74 Å². The standard InChI is InChI=1S/C22H37N5O3.HI/c1-5-23-22(24-10-11-26-12-14-27(15-13-26)18(4)28)25-16-21(29)19-6-8-20(9-7-19)30-17(2)3;/h6-9,17,21,29H,5,10-16H2,1-4H3,(H2,23,24,25);1H. The number of nitrogens with one attached hydrogen (secondary N) is 2. The van der Waals surface area contributed by atoms with E-state index in [1.165, 1.54) is 0 Å². The van der Waals surface area contributed by atoms with Crippen LogP contribution in [0, 0.1) is 0 Å². The molecule has 0 saturated carbocycles. The van der Waals surface area contributed by atoms with E-state index in [9.17, 15) is 9.90 Å². The van der Waals surface area contributed by atoms with E-state index in [1.807, 2.05) is 49.9 Å². The maximum absolute atomic E-state index is 11.4. The summed E-state index contributed by atoms with van der Waals surface area (Å²) in [7, 11) is 0. The molecule has 3 N–H and O–H groups in total. The monoisotopic (exact) mass is 547 g/mol. The third-order valence-corrected chi connectivity index (χ3v) is 4.94. The molecule has 1 aromatic carbocycles. The van der Waals surface area contributed by atoms with Crippen molar-refractivity contribution in [3.63, 3.8) is 0 Å². The summed E-state index contributed by atoms with van der Waals surface area (Å²) in [5.74, 6) is 1.64. The van der Waals surface area contributed by atoms with E-state index < -0.39 is 6.10 Å². The summed E-state index contributed by atoms with van der Waals surface area (Å²) in [6.07, 6.45) is -0.551. The lowest BCUT2D eigenvalue weighted by atomic mass is 10.1. The lowest BCUT2D eigenvalue weighted by Crippen LogP contribution is -2.50. The molecule has 2 rings (SSSR count). The van der Waals surface area contributed by atoms with Gasteiger partial charge in [0, 0.05) is 52.7 Å². The Morgan fingerprint density at radius 1 is 1.16 bits per heavy atom. The van der Waals surface area contributed by atoms with Crippen LogP contribution < -0.4 is 15.4 Å². The highest BCUT2D eigenvalue weighted by atomic mass is 127. The molecular weight excluding hydrogens is 509 g/mol. The Hall–Kier alpha value is -1.59. The fourth-order valence-electron chi connectivity index (χ4n) is 3.28. The number of rotatable bonds is 9. The highest BCUT2D eigenvalue weighted by Crippen LogP contribution is 2.19. The van der Waals surface area contributed by atoms with E-state index in [1.54, 1.807) is 6.92 Å². The quantitative estimate of drug-likeness (QED) is 0.249. The van der Waals surface area contributed by atoms with Crippen LogP contribution in [0.4, 0.5) is 0 Å². The number of carbonyl (C=O) groups excluding carboxylic acids is 1. The van der Waals surface area contributed by atoms with E-state index in [2.05, 4.69) is 20.5 Å². The summed E-state index contributed by atoms with van der Waals surface area (Å²) in [5, 5.41) is 17.0. The Morgan fingerprint density at radius 2 is 1.81 bits per heavy atom. The minimum Gasteiger partial charge on any atom is -0.491 e. The number of ether oxygens (including phenoxy) is 1. The molecule has 8 nitrogen and oxygen atoms in total. The minimum absolute atomic E-state index is 0. The average molecular weight is 547 g/mol. The zero-order chi connectivity index (χ0) is 21.9. The van der Waals surface area contributed by atoms with Gasteiger partial charge in [0.05, 0.1) is 18.8 Å². The molecule has 176 valence electrons. The number of benzene rings is 1. The van der Waals surface area contributed by atoms with Gasteiger partial charge in [0.2, 0.25) is 5.91 Å². The van der Waals surface area contributed by atoms with Gasteiger partial charge in [0.25, 0.3) is 0 Å². The maximum Gasteiger partial charge on any atom is 0.219 e. The van der Waals surface area contributed by atoms with Crippen LogP contribution in [0.1, 0.15) is 39.4 Å². The van der Waals surface area contributed by atoms with Crippen LogP contribution in [-0.4, -0.2) is 85.2 Å². The van der Waals surface area contributed by atoms with Crippen molar-refractivity contribution < 1.29 is 14.6 Å². The molecule has 1 unspecified atom stereocenters. The third kappa shape index (κ3) is 10.0. The highest BCUT2D eigenvalue weighted by Gasteiger charge is 2.18. The van der Waals surface area contributed by atoms with Crippen molar-refractivity contribution in [2.45, 2.75) is 39.9 Å². The number of hydrogen-bond donors (Lipinski definition) is 3. The second-order valence-electron chi connectivity index (χ2n) is 7.75. The van der Waals surface area contributed by atoms with E-state index in [-0.39, 0.29) is 42.5 Å². The summed E-state index contributed by atoms with van der Waals surface area (Å²) >= 11 is 0. The van der Waals surface area contributed by atoms with E-state index >= 15 is 0 Å². The SMILES string of the molecule is CCNC(=NCC(O)c1ccc(OC(C)C)cc1)NCCN1CCN(C(C)=O)CC1.I. The summed E-state index contributed by atoms with van der Waals surface area (Å²) in [5.41, 5.74) is 0.814. The number of guanidine groups is 1. The van der Waals surface area contributed by atoms with Gasteiger partial charge in [-0.05, 0) is 38.5 Å². The molecule has 1 atom stereocenters. The molecule has 0 radical (unpaired) electrons. The van der Waals surface area contributed by atoms with Crippen molar-refractivity contribution in [3.8, 4) is 5.75 Å². The number of halogens is 1. The average Bonchev–Trinajstić information content (AvgIpc) is 2.72.